The Labute approximate surface area is 498 Å². The lowest BCUT2D eigenvalue weighted by Gasteiger charge is -2.40. The first-order chi connectivity index (χ1) is 39.7. The number of nitrogens with one attached hydrogen (secondary N) is 1. The zero-order valence-corrected chi connectivity index (χ0v) is 52.8. The van der Waals surface area contributed by atoms with Crippen LogP contribution in [0.15, 0.2) is 36.5 Å². The molecule has 0 aromatic rings. The van der Waals surface area contributed by atoms with Gasteiger partial charge in [-0.2, -0.15) is 0 Å². The van der Waals surface area contributed by atoms with Gasteiger partial charge in [0.1, 0.15) is 24.4 Å². The van der Waals surface area contributed by atoms with Gasteiger partial charge in [0.25, 0.3) is 0 Å². The van der Waals surface area contributed by atoms with Gasteiger partial charge in [-0.25, -0.2) is 0 Å². The normalized spacial score (nSPS) is 18.4. The van der Waals surface area contributed by atoms with Crippen LogP contribution in [0, 0.1) is 0 Å². The number of carbonyl (C=O) groups excluding carboxylic acids is 2. The number of hydrogen-bond donors (Lipinski definition) is 6. The molecular weight excluding hydrogens is 1010 g/mol. The fraction of sp³-hybridized carbons (Fsp3) is 0.886. The number of esters is 1. The molecule has 1 saturated heterocycles. The number of aliphatic hydroxyl groups is 5. The molecule has 11 nitrogen and oxygen atoms in total. The largest absolute Gasteiger partial charge is 0.466 e. The van der Waals surface area contributed by atoms with E-state index in [1.807, 2.05) is 6.08 Å². The molecule has 0 aromatic heterocycles. The molecule has 1 heterocycles. The molecule has 7 atom stereocenters. The van der Waals surface area contributed by atoms with E-state index in [2.05, 4.69) is 43.5 Å². The highest BCUT2D eigenvalue weighted by Crippen LogP contribution is 2.23. The van der Waals surface area contributed by atoms with Crippen LogP contribution < -0.4 is 5.32 Å². The van der Waals surface area contributed by atoms with E-state index in [1.54, 1.807) is 6.08 Å². The van der Waals surface area contributed by atoms with E-state index in [0.29, 0.717) is 19.4 Å². The molecule has 0 saturated carbocycles. The van der Waals surface area contributed by atoms with Crippen molar-refractivity contribution in [3.63, 3.8) is 0 Å². The van der Waals surface area contributed by atoms with Gasteiger partial charge >= 0.3 is 5.97 Å². The third kappa shape index (κ3) is 48.8. The van der Waals surface area contributed by atoms with Gasteiger partial charge in [0, 0.05) is 12.8 Å². The van der Waals surface area contributed by atoms with Gasteiger partial charge in [0.15, 0.2) is 6.29 Å². The minimum Gasteiger partial charge on any atom is -0.466 e. The molecule has 476 valence electrons. The molecule has 1 fully saturated rings. The number of rotatable bonds is 61. The van der Waals surface area contributed by atoms with Gasteiger partial charge in [-0.15, -0.1) is 0 Å². The van der Waals surface area contributed by atoms with Gasteiger partial charge < -0.3 is 45.1 Å². The van der Waals surface area contributed by atoms with Crippen LogP contribution in [0.4, 0.5) is 0 Å². The van der Waals surface area contributed by atoms with Crippen molar-refractivity contribution in [3.05, 3.63) is 36.5 Å². The van der Waals surface area contributed by atoms with Crippen LogP contribution in [0.3, 0.4) is 0 Å². The van der Waals surface area contributed by atoms with Crippen molar-refractivity contribution in [2.45, 2.75) is 378 Å². The fourth-order valence-electron chi connectivity index (χ4n) is 11.0. The molecule has 0 aromatic carbocycles. The predicted octanol–water partition coefficient (Wildman–Crippen LogP) is 17.4. The van der Waals surface area contributed by atoms with Crippen LogP contribution in [0.2, 0.25) is 0 Å². The van der Waals surface area contributed by atoms with Crippen molar-refractivity contribution in [1.82, 2.24) is 5.32 Å². The summed E-state index contributed by atoms with van der Waals surface area (Å²) in [7, 11) is 0. The second-order valence-electron chi connectivity index (χ2n) is 24.2. The molecule has 1 aliphatic heterocycles. The van der Waals surface area contributed by atoms with Gasteiger partial charge in [-0.05, 0) is 83.5 Å². The van der Waals surface area contributed by atoms with Crippen LogP contribution in [0.5, 0.6) is 0 Å². The molecule has 7 unspecified atom stereocenters. The smallest absolute Gasteiger partial charge is 0.305 e. The van der Waals surface area contributed by atoms with Crippen molar-refractivity contribution >= 4 is 11.9 Å². The topological polar surface area (TPSA) is 175 Å². The Balaban J connectivity index is 1.93. The second-order valence-corrected chi connectivity index (χ2v) is 24.2. The molecule has 0 spiro atoms. The van der Waals surface area contributed by atoms with Crippen molar-refractivity contribution in [1.29, 1.82) is 0 Å². The van der Waals surface area contributed by atoms with Crippen LogP contribution in [0.1, 0.15) is 335 Å². The van der Waals surface area contributed by atoms with Gasteiger partial charge in [0.2, 0.25) is 5.91 Å². The summed E-state index contributed by atoms with van der Waals surface area (Å²) in [4.78, 5) is 25.1. The summed E-state index contributed by atoms with van der Waals surface area (Å²) in [6.07, 6.45) is 65.7. The maximum Gasteiger partial charge on any atom is 0.305 e. The minimum atomic E-state index is -1.57. The number of unbranched alkanes of at least 4 members (excludes halogenated alkanes) is 43. The Kier molecular flexibility index (Phi) is 56.6. The average molecular weight is 1150 g/mol. The van der Waals surface area contributed by atoms with Crippen molar-refractivity contribution in [3.8, 4) is 0 Å². The maximum absolute atomic E-state index is 13.0. The van der Waals surface area contributed by atoms with E-state index in [9.17, 15) is 35.1 Å². The minimum absolute atomic E-state index is 0.00158. The lowest BCUT2D eigenvalue weighted by molar-refractivity contribution is -0.302. The molecule has 1 aliphatic rings. The third-order valence-corrected chi connectivity index (χ3v) is 16.5. The highest BCUT2D eigenvalue weighted by Gasteiger charge is 2.44. The van der Waals surface area contributed by atoms with Crippen LogP contribution in [0.25, 0.3) is 0 Å². The molecule has 0 radical (unpaired) electrons. The van der Waals surface area contributed by atoms with E-state index in [4.69, 9.17) is 14.2 Å². The molecule has 1 amide bonds. The van der Waals surface area contributed by atoms with Gasteiger partial charge in [-0.3, -0.25) is 9.59 Å². The molecule has 6 N–H and O–H groups in total. The lowest BCUT2D eigenvalue weighted by Crippen LogP contribution is -2.60. The second kappa shape index (κ2) is 59.6. The van der Waals surface area contributed by atoms with Crippen molar-refractivity contribution in [2.75, 3.05) is 19.8 Å². The number of aliphatic hydroxyl groups excluding tert-OH is 5. The molecule has 11 heteroatoms. The zero-order valence-electron chi connectivity index (χ0n) is 52.8. The number of allylic oxidation sites excluding steroid dienone is 5. The SMILES string of the molecule is CCCCCCCCC/C=C\CCCCCCCCCC(=O)OCCCCCCCCCCCCCC/C=C\CCCCCCCCCCCCC(=O)NC(COC1OC(CO)C(O)C(O)C1O)C(O)/C=C/CCCCCCCCC. The molecule has 1 rings (SSSR count). The first-order valence-electron chi connectivity index (χ1n) is 34.8. The van der Waals surface area contributed by atoms with Crippen molar-refractivity contribution < 1.29 is 49.3 Å². The Morgan fingerprint density at radius 1 is 0.444 bits per heavy atom. The van der Waals surface area contributed by atoms with E-state index in [0.717, 1.165) is 57.8 Å². The summed E-state index contributed by atoms with van der Waals surface area (Å²) in [6.45, 7) is 4.33. The molecule has 81 heavy (non-hydrogen) atoms. The standard InChI is InChI=1S/C70H131NO10/c1-3-5-7-9-11-13-14-15-16-17-29-32-35-38-42-46-50-54-58-66(75)79-59-55-51-47-43-39-36-33-30-27-25-23-21-19-18-20-22-24-26-28-31-34-37-41-45-49-53-57-65(74)71-62(63(73)56-52-48-44-40-12-10-8-6-4-2)61-80-70-69(78)68(77)67(76)64(60-72)81-70/h16-18,20,52,56,62-64,67-70,72-73,76-78H,3-15,19,21-51,53-55,57-61H2,1-2H3,(H,71,74)/b17-16-,20-18-,56-52+. The maximum atomic E-state index is 13.0. The Morgan fingerprint density at radius 3 is 1.19 bits per heavy atom. The summed E-state index contributed by atoms with van der Waals surface area (Å²) < 4.78 is 16.7. The highest BCUT2D eigenvalue weighted by atomic mass is 16.7. The fourth-order valence-corrected chi connectivity index (χ4v) is 11.0. The van der Waals surface area contributed by atoms with Crippen LogP contribution >= 0.6 is 0 Å². The summed E-state index contributed by atoms with van der Waals surface area (Å²) in [5.74, 6) is -0.183. The Bertz CT molecular complexity index is 1440. The first kappa shape index (κ1) is 76.9. The number of amides is 1. The number of hydrogen-bond acceptors (Lipinski definition) is 10. The summed E-state index contributed by atoms with van der Waals surface area (Å²) in [5, 5.41) is 54.3. The first-order valence-corrected chi connectivity index (χ1v) is 34.8. The number of ether oxygens (including phenoxy) is 3. The highest BCUT2D eigenvalue weighted by molar-refractivity contribution is 5.76. The van der Waals surface area contributed by atoms with E-state index in [-0.39, 0.29) is 18.5 Å². The average Bonchev–Trinajstić information content (AvgIpc) is 3.47. The summed E-state index contributed by atoms with van der Waals surface area (Å²) in [6, 6.07) is -0.810. The molecule has 0 bridgehead atoms. The van der Waals surface area contributed by atoms with E-state index < -0.39 is 49.5 Å². The monoisotopic (exact) mass is 1150 g/mol. The summed E-state index contributed by atoms with van der Waals surface area (Å²) in [5.41, 5.74) is 0. The van der Waals surface area contributed by atoms with E-state index >= 15 is 0 Å². The van der Waals surface area contributed by atoms with Crippen molar-refractivity contribution in [2.24, 2.45) is 0 Å². The third-order valence-electron chi connectivity index (χ3n) is 16.5. The Morgan fingerprint density at radius 2 is 0.790 bits per heavy atom. The summed E-state index contributed by atoms with van der Waals surface area (Å²) >= 11 is 0. The van der Waals surface area contributed by atoms with E-state index in [1.165, 1.54) is 250 Å². The molecule has 0 aliphatic carbocycles. The molecular formula is C70H131NO10. The number of carbonyl (C=O) groups is 2. The Hall–Kier alpha value is -2.12. The van der Waals surface area contributed by atoms with Crippen LogP contribution in [-0.4, -0.2) is 100 Å². The predicted molar refractivity (Wildman–Crippen MR) is 338 cm³/mol. The quantitative estimate of drug-likeness (QED) is 0.0195. The van der Waals surface area contributed by atoms with Crippen LogP contribution in [-0.2, 0) is 23.8 Å². The zero-order chi connectivity index (χ0) is 58.7. The lowest BCUT2D eigenvalue weighted by atomic mass is 9.99. The van der Waals surface area contributed by atoms with Gasteiger partial charge in [-0.1, -0.05) is 275 Å². The van der Waals surface area contributed by atoms with Gasteiger partial charge in [0.05, 0.1) is 32.0 Å².